The van der Waals surface area contributed by atoms with Crippen molar-refractivity contribution in [2.24, 2.45) is 0 Å². The van der Waals surface area contributed by atoms with Crippen molar-refractivity contribution < 1.29 is 0 Å². The molecule has 0 saturated heterocycles. The van der Waals surface area contributed by atoms with E-state index in [0.29, 0.717) is 5.39 Å². The number of nitrogens with zero attached hydrogens (tertiary/aromatic N) is 1. The molecular weight excluding hydrogens is 304 g/mol. The van der Waals surface area contributed by atoms with E-state index < -0.39 is 0 Å². The molecule has 0 fully saturated rings. The van der Waals surface area contributed by atoms with Crippen LogP contribution in [0.2, 0.25) is 0 Å². The summed E-state index contributed by atoms with van der Waals surface area (Å²) in [5.74, 6) is 0.735. The maximum atomic E-state index is 12.2. The van der Waals surface area contributed by atoms with Crippen molar-refractivity contribution in [3.05, 3.63) is 69.8 Å². The van der Waals surface area contributed by atoms with Crippen LogP contribution in [0.15, 0.2) is 52.2 Å². The molecule has 3 nitrogen and oxygen atoms in total. The van der Waals surface area contributed by atoms with Crippen molar-refractivity contribution in [1.82, 2.24) is 9.97 Å². The van der Waals surface area contributed by atoms with E-state index in [2.05, 4.69) is 35.1 Å². The average Bonchev–Trinajstić information content (AvgIpc) is 3.02. The summed E-state index contributed by atoms with van der Waals surface area (Å²) >= 11 is 1.75. The second-order valence-corrected chi connectivity index (χ2v) is 7.43. The minimum absolute atomic E-state index is 0.0630. The van der Waals surface area contributed by atoms with Gasteiger partial charge in [-0.05, 0) is 61.6 Å². The molecule has 0 bridgehead atoms. The number of H-pyrrole nitrogens is 1. The monoisotopic (exact) mass is 322 g/mol. The highest BCUT2D eigenvalue weighted by molar-refractivity contribution is 7.99. The number of nitrogens with one attached hydrogen (secondary N) is 1. The third-order valence-electron chi connectivity index (χ3n) is 4.40. The fourth-order valence-corrected chi connectivity index (χ4v) is 4.17. The molecule has 0 unspecified atom stereocenters. The van der Waals surface area contributed by atoms with Crippen molar-refractivity contribution in [2.45, 2.75) is 36.3 Å². The number of aryl methyl sites for hydroxylation is 2. The summed E-state index contributed by atoms with van der Waals surface area (Å²) in [5.41, 5.74) is 3.65. The highest BCUT2D eigenvalue weighted by Crippen LogP contribution is 2.35. The van der Waals surface area contributed by atoms with E-state index in [0.717, 1.165) is 11.3 Å². The van der Waals surface area contributed by atoms with E-state index in [1.165, 1.54) is 35.3 Å². The van der Waals surface area contributed by atoms with Crippen molar-refractivity contribution in [3.8, 4) is 0 Å². The van der Waals surface area contributed by atoms with E-state index in [-0.39, 0.29) is 10.8 Å². The van der Waals surface area contributed by atoms with Crippen LogP contribution in [0, 0.1) is 0 Å². The molecule has 2 aromatic carbocycles. The first-order chi connectivity index (χ1) is 11.2. The summed E-state index contributed by atoms with van der Waals surface area (Å²) in [7, 11) is 0. The van der Waals surface area contributed by atoms with E-state index in [4.69, 9.17) is 0 Å². The summed E-state index contributed by atoms with van der Waals surface area (Å²) in [4.78, 5) is 21.0. The van der Waals surface area contributed by atoms with Gasteiger partial charge in [0.1, 0.15) is 5.82 Å². The average molecular weight is 322 g/mol. The predicted molar refractivity (Wildman–Crippen MR) is 95.1 cm³/mol. The molecule has 1 aliphatic rings. The zero-order valence-electron chi connectivity index (χ0n) is 13.0. The smallest absolute Gasteiger partial charge is 0.258 e. The number of fused-ring (bicyclic) bond motifs is 2. The first-order valence-corrected chi connectivity index (χ1v) is 8.86. The van der Waals surface area contributed by atoms with Crippen molar-refractivity contribution >= 4 is 22.7 Å². The SMILES string of the molecule is C[C@@H](Sc1ccc2c(c1)CCC2)c1nc2ccccc2c(=O)[nH]1. The molecule has 3 aromatic rings. The summed E-state index contributed by atoms with van der Waals surface area (Å²) < 4.78 is 0. The number of rotatable bonds is 3. The maximum absolute atomic E-state index is 12.2. The normalized spacial score (nSPS) is 14.8. The van der Waals surface area contributed by atoms with E-state index in [1.54, 1.807) is 11.8 Å². The molecule has 1 heterocycles. The standard InChI is InChI=1S/C19H18N2OS/c1-12(23-15-10-9-13-5-4-6-14(13)11-15)18-20-17-8-3-2-7-16(17)19(22)21-18/h2-3,7-12H,4-6H2,1H3,(H,20,21,22)/t12-/m1/s1. The zero-order valence-corrected chi connectivity index (χ0v) is 13.8. The maximum Gasteiger partial charge on any atom is 0.258 e. The quantitative estimate of drug-likeness (QED) is 0.733. The number of benzene rings is 2. The Labute approximate surface area is 139 Å². The molecular formula is C19H18N2OS. The highest BCUT2D eigenvalue weighted by atomic mass is 32.2. The van der Waals surface area contributed by atoms with Crippen LogP contribution in [0.3, 0.4) is 0 Å². The molecule has 4 heteroatoms. The first-order valence-electron chi connectivity index (χ1n) is 7.98. The van der Waals surface area contributed by atoms with Crippen LogP contribution in [0.25, 0.3) is 10.9 Å². The number of thioether (sulfide) groups is 1. The van der Waals surface area contributed by atoms with Crippen LogP contribution in [-0.4, -0.2) is 9.97 Å². The lowest BCUT2D eigenvalue weighted by molar-refractivity contribution is 0.911. The van der Waals surface area contributed by atoms with Gasteiger partial charge in [-0.15, -0.1) is 11.8 Å². The van der Waals surface area contributed by atoms with Crippen molar-refractivity contribution in [1.29, 1.82) is 0 Å². The van der Waals surface area contributed by atoms with E-state index in [9.17, 15) is 4.79 Å². The van der Waals surface area contributed by atoms with Crippen molar-refractivity contribution in [2.75, 3.05) is 0 Å². The molecule has 0 spiro atoms. The predicted octanol–water partition coefficient (Wildman–Crippen LogP) is 4.27. The zero-order chi connectivity index (χ0) is 15.8. The minimum Gasteiger partial charge on any atom is -0.309 e. The third-order valence-corrected chi connectivity index (χ3v) is 5.50. The van der Waals surface area contributed by atoms with Crippen LogP contribution >= 0.6 is 11.8 Å². The number of hydrogen-bond acceptors (Lipinski definition) is 3. The van der Waals surface area contributed by atoms with Crippen LogP contribution < -0.4 is 5.56 Å². The fraction of sp³-hybridized carbons (Fsp3) is 0.263. The van der Waals surface area contributed by atoms with Gasteiger partial charge in [0, 0.05) is 4.90 Å². The molecule has 0 saturated carbocycles. The van der Waals surface area contributed by atoms with Crippen LogP contribution in [-0.2, 0) is 12.8 Å². The first kappa shape index (κ1) is 14.5. The van der Waals surface area contributed by atoms with Gasteiger partial charge in [-0.25, -0.2) is 4.98 Å². The van der Waals surface area contributed by atoms with Gasteiger partial charge in [0.2, 0.25) is 0 Å². The van der Waals surface area contributed by atoms with Gasteiger partial charge in [-0.3, -0.25) is 4.79 Å². The minimum atomic E-state index is -0.0630. The van der Waals surface area contributed by atoms with Gasteiger partial charge in [0.15, 0.2) is 0 Å². The Hall–Kier alpha value is -2.07. The fourth-order valence-electron chi connectivity index (χ4n) is 3.18. The Morgan fingerprint density at radius 1 is 1.13 bits per heavy atom. The number of hydrogen-bond donors (Lipinski definition) is 1. The molecule has 23 heavy (non-hydrogen) atoms. The molecule has 1 N–H and O–H groups in total. The molecule has 1 aliphatic carbocycles. The lowest BCUT2D eigenvalue weighted by Crippen LogP contribution is -2.12. The number of aromatic nitrogens is 2. The summed E-state index contributed by atoms with van der Waals surface area (Å²) in [5, 5.41) is 0.748. The van der Waals surface area contributed by atoms with Gasteiger partial charge >= 0.3 is 0 Å². The van der Waals surface area contributed by atoms with Gasteiger partial charge in [0.25, 0.3) is 5.56 Å². The Morgan fingerprint density at radius 2 is 1.96 bits per heavy atom. The third kappa shape index (κ3) is 2.79. The Bertz CT molecular complexity index is 932. The van der Waals surface area contributed by atoms with E-state index >= 15 is 0 Å². The molecule has 1 aromatic heterocycles. The lowest BCUT2D eigenvalue weighted by atomic mass is 10.1. The van der Waals surface area contributed by atoms with Crippen LogP contribution in [0.4, 0.5) is 0 Å². The molecule has 1 atom stereocenters. The second kappa shape index (κ2) is 5.85. The Kier molecular flexibility index (Phi) is 3.69. The largest absolute Gasteiger partial charge is 0.309 e. The summed E-state index contributed by atoms with van der Waals surface area (Å²) in [6, 6.07) is 14.2. The molecule has 0 amide bonds. The highest BCUT2D eigenvalue weighted by Gasteiger charge is 2.15. The molecule has 116 valence electrons. The topological polar surface area (TPSA) is 45.8 Å². The Morgan fingerprint density at radius 3 is 2.87 bits per heavy atom. The number of aromatic amines is 1. The van der Waals surface area contributed by atoms with E-state index in [1.807, 2.05) is 24.3 Å². The molecule has 4 rings (SSSR count). The Balaban J connectivity index is 1.64. The molecule has 0 radical (unpaired) electrons. The van der Waals surface area contributed by atoms with Crippen LogP contribution in [0.5, 0.6) is 0 Å². The summed E-state index contributed by atoms with van der Waals surface area (Å²) in [6.45, 7) is 2.09. The van der Waals surface area contributed by atoms with Gasteiger partial charge in [0.05, 0.1) is 16.2 Å². The van der Waals surface area contributed by atoms with Gasteiger partial charge in [-0.2, -0.15) is 0 Å². The van der Waals surface area contributed by atoms with Gasteiger partial charge < -0.3 is 4.98 Å². The van der Waals surface area contributed by atoms with Crippen LogP contribution in [0.1, 0.15) is 35.5 Å². The molecule has 0 aliphatic heterocycles. The summed E-state index contributed by atoms with van der Waals surface area (Å²) in [6.07, 6.45) is 3.65. The van der Waals surface area contributed by atoms with Gasteiger partial charge in [-0.1, -0.05) is 18.2 Å². The van der Waals surface area contributed by atoms with Crippen molar-refractivity contribution in [3.63, 3.8) is 0 Å². The second-order valence-electron chi connectivity index (χ2n) is 6.01. The number of para-hydroxylation sites is 1. The lowest BCUT2D eigenvalue weighted by Gasteiger charge is -2.12.